The van der Waals surface area contributed by atoms with E-state index < -0.39 is 0 Å². The molecule has 1 aromatic carbocycles. The molecule has 0 bridgehead atoms. The second-order valence-corrected chi connectivity index (χ2v) is 5.97. The molecule has 0 amide bonds. The van der Waals surface area contributed by atoms with Crippen LogP contribution in [0.25, 0.3) is 11.0 Å². The third-order valence-corrected chi connectivity index (χ3v) is 4.36. The smallest absolute Gasteiger partial charge is 0.147 e. The van der Waals surface area contributed by atoms with Crippen molar-refractivity contribution in [2.24, 2.45) is 5.92 Å². The van der Waals surface area contributed by atoms with Crippen LogP contribution in [-0.2, 0) is 6.42 Å². The van der Waals surface area contributed by atoms with E-state index in [4.69, 9.17) is 0 Å². The molecule has 1 aliphatic rings. The van der Waals surface area contributed by atoms with Crippen LogP contribution in [-0.4, -0.2) is 39.3 Å². The van der Waals surface area contributed by atoms with Gasteiger partial charge in [0.25, 0.3) is 0 Å². The number of anilines is 1. The first-order valence-corrected chi connectivity index (χ1v) is 7.84. The predicted octanol–water partition coefficient (Wildman–Crippen LogP) is 2.06. The van der Waals surface area contributed by atoms with E-state index in [2.05, 4.69) is 19.9 Å². The number of rotatable bonds is 3. The van der Waals surface area contributed by atoms with Gasteiger partial charge in [-0.05, 0) is 30.7 Å². The molecule has 1 fully saturated rings. The minimum absolute atomic E-state index is 0.165. The Kier molecular flexibility index (Phi) is 3.63. The molecule has 2 unspecified atom stereocenters. The average Bonchev–Trinajstić information content (AvgIpc) is 2.96. The number of hydrogen-bond donors (Lipinski definition) is 1. The average molecular weight is 306 g/mol. The van der Waals surface area contributed by atoms with E-state index in [1.807, 2.05) is 42.5 Å². The highest BCUT2D eigenvalue weighted by Crippen LogP contribution is 2.25. The van der Waals surface area contributed by atoms with Crippen molar-refractivity contribution < 1.29 is 5.11 Å². The molecular formula is C18H18N4O. The Morgan fingerprint density at radius 1 is 1.00 bits per heavy atom. The van der Waals surface area contributed by atoms with Crippen LogP contribution in [0.2, 0.25) is 0 Å². The molecule has 23 heavy (non-hydrogen) atoms. The van der Waals surface area contributed by atoms with Crippen molar-refractivity contribution in [3.63, 3.8) is 0 Å². The molecule has 3 aromatic rings. The second kappa shape index (κ2) is 5.93. The van der Waals surface area contributed by atoms with Gasteiger partial charge in [0, 0.05) is 30.9 Å². The summed E-state index contributed by atoms with van der Waals surface area (Å²) in [6.45, 7) is 1.36. The maximum absolute atomic E-state index is 10.4. The molecule has 116 valence electrons. The molecule has 0 spiro atoms. The fourth-order valence-electron chi connectivity index (χ4n) is 3.13. The lowest BCUT2D eigenvalue weighted by Gasteiger charge is -2.17. The lowest BCUT2D eigenvalue weighted by molar-refractivity contribution is 0.148. The summed E-state index contributed by atoms with van der Waals surface area (Å²) in [7, 11) is 0. The fourth-order valence-corrected chi connectivity index (χ4v) is 3.13. The lowest BCUT2D eigenvalue weighted by Crippen LogP contribution is -2.22. The number of aliphatic hydroxyl groups is 1. The Morgan fingerprint density at radius 2 is 1.83 bits per heavy atom. The van der Waals surface area contributed by atoms with E-state index in [0.29, 0.717) is 6.54 Å². The highest BCUT2D eigenvalue weighted by Gasteiger charge is 2.32. The normalized spacial score (nSPS) is 21.0. The van der Waals surface area contributed by atoms with E-state index in [1.54, 1.807) is 12.4 Å². The van der Waals surface area contributed by atoms with Gasteiger partial charge in [0.05, 0.1) is 23.3 Å². The third kappa shape index (κ3) is 2.87. The minimum atomic E-state index is -0.370. The number of hydrogen-bond acceptors (Lipinski definition) is 5. The Bertz CT molecular complexity index is 808. The lowest BCUT2D eigenvalue weighted by atomic mass is 10.00. The summed E-state index contributed by atoms with van der Waals surface area (Å²) in [5.41, 5.74) is 2.79. The van der Waals surface area contributed by atoms with Gasteiger partial charge in [-0.25, -0.2) is 4.98 Å². The van der Waals surface area contributed by atoms with Crippen LogP contribution in [0.3, 0.4) is 0 Å². The van der Waals surface area contributed by atoms with Crippen molar-refractivity contribution in [1.29, 1.82) is 0 Å². The number of aromatic nitrogens is 3. The van der Waals surface area contributed by atoms with Crippen LogP contribution in [0.5, 0.6) is 0 Å². The van der Waals surface area contributed by atoms with Crippen LogP contribution in [0, 0.1) is 5.92 Å². The number of aliphatic hydroxyl groups excluding tert-OH is 1. The van der Waals surface area contributed by atoms with E-state index in [-0.39, 0.29) is 12.0 Å². The zero-order valence-electron chi connectivity index (χ0n) is 12.7. The Balaban J connectivity index is 1.53. The Labute approximate surface area is 134 Å². The summed E-state index contributed by atoms with van der Waals surface area (Å²) in [6, 6.07) is 13.7. The van der Waals surface area contributed by atoms with Crippen molar-refractivity contribution in [2.75, 3.05) is 18.0 Å². The number of β-amino-alcohol motifs (C(OH)–C–C–N with tert-alkyl or cyclic N) is 1. The molecule has 5 nitrogen and oxygen atoms in total. The highest BCUT2D eigenvalue weighted by molar-refractivity contribution is 5.75. The first-order valence-electron chi connectivity index (χ1n) is 7.84. The monoisotopic (exact) mass is 306 g/mol. The van der Waals surface area contributed by atoms with Crippen LogP contribution in [0.1, 0.15) is 5.69 Å². The molecule has 0 radical (unpaired) electrons. The zero-order valence-corrected chi connectivity index (χ0v) is 12.7. The first kappa shape index (κ1) is 14.1. The number of para-hydroxylation sites is 2. The maximum Gasteiger partial charge on any atom is 0.147 e. The molecule has 3 heterocycles. The van der Waals surface area contributed by atoms with Gasteiger partial charge in [0.15, 0.2) is 0 Å². The number of pyridine rings is 1. The standard InChI is InChI=1S/C18H18N4O/c23-17-12-22(11-13(17)9-14-5-3-4-8-19-14)18-10-20-15-6-1-2-7-16(15)21-18/h1-8,10,13,17,23H,9,11-12H2. The van der Waals surface area contributed by atoms with E-state index in [0.717, 1.165) is 35.5 Å². The van der Waals surface area contributed by atoms with Crippen molar-refractivity contribution in [2.45, 2.75) is 12.5 Å². The first-order chi connectivity index (χ1) is 11.3. The summed E-state index contributed by atoms with van der Waals surface area (Å²) >= 11 is 0. The zero-order chi connectivity index (χ0) is 15.6. The maximum atomic E-state index is 10.4. The fraction of sp³-hybridized carbons (Fsp3) is 0.278. The van der Waals surface area contributed by atoms with Gasteiger partial charge < -0.3 is 10.0 Å². The minimum Gasteiger partial charge on any atom is -0.391 e. The van der Waals surface area contributed by atoms with Crippen LogP contribution in [0.15, 0.2) is 54.9 Å². The van der Waals surface area contributed by atoms with Gasteiger partial charge in [-0.1, -0.05) is 18.2 Å². The van der Waals surface area contributed by atoms with Crippen molar-refractivity contribution in [3.8, 4) is 0 Å². The molecular weight excluding hydrogens is 288 g/mol. The quantitative estimate of drug-likeness (QED) is 0.802. The summed E-state index contributed by atoms with van der Waals surface area (Å²) in [4.78, 5) is 15.6. The topological polar surface area (TPSA) is 62.1 Å². The summed E-state index contributed by atoms with van der Waals surface area (Å²) in [6.07, 6.45) is 3.99. The number of fused-ring (bicyclic) bond motifs is 1. The molecule has 1 N–H and O–H groups in total. The Morgan fingerprint density at radius 3 is 2.65 bits per heavy atom. The van der Waals surface area contributed by atoms with Gasteiger partial charge in [-0.2, -0.15) is 0 Å². The van der Waals surface area contributed by atoms with Gasteiger partial charge in [0.2, 0.25) is 0 Å². The van der Waals surface area contributed by atoms with Gasteiger partial charge in [-0.3, -0.25) is 9.97 Å². The van der Waals surface area contributed by atoms with Gasteiger partial charge in [-0.15, -0.1) is 0 Å². The van der Waals surface area contributed by atoms with Crippen molar-refractivity contribution in [1.82, 2.24) is 15.0 Å². The Hall–Kier alpha value is -2.53. The van der Waals surface area contributed by atoms with Crippen LogP contribution in [0.4, 0.5) is 5.82 Å². The number of nitrogens with zero attached hydrogens (tertiary/aromatic N) is 4. The summed E-state index contributed by atoms with van der Waals surface area (Å²) in [5.74, 6) is 0.990. The molecule has 0 aliphatic carbocycles. The summed E-state index contributed by atoms with van der Waals surface area (Å²) < 4.78 is 0. The predicted molar refractivity (Wildman–Crippen MR) is 89.2 cm³/mol. The summed E-state index contributed by atoms with van der Waals surface area (Å²) in [5, 5.41) is 10.4. The highest BCUT2D eigenvalue weighted by atomic mass is 16.3. The van der Waals surface area contributed by atoms with Crippen molar-refractivity contribution >= 4 is 16.9 Å². The SMILES string of the molecule is OC1CN(c2cnc3ccccc3n2)CC1Cc1ccccn1. The van der Waals surface area contributed by atoms with Crippen LogP contribution >= 0.6 is 0 Å². The second-order valence-electron chi connectivity index (χ2n) is 5.97. The van der Waals surface area contributed by atoms with E-state index in [1.165, 1.54) is 0 Å². The van der Waals surface area contributed by atoms with Crippen LogP contribution < -0.4 is 4.90 Å². The third-order valence-electron chi connectivity index (χ3n) is 4.36. The van der Waals surface area contributed by atoms with Gasteiger partial charge >= 0.3 is 0 Å². The molecule has 5 heteroatoms. The molecule has 2 atom stereocenters. The molecule has 0 saturated carbocycles. The molecule has 1 saturated heterocycles. The molecule has 4 rings (SSSR count). The van der Waals surface area contributed by atoms with E-state index >= 15 is 0 Å². The largest absolute Gasteiger partial charge is 0.391 e. The molecule has 2 aromatic heterocycles. The molecule has 1 aliphatic heterocycles. The van der Waals surface area contributed by atoms with Crippen molar-refractivity contribution in [3.05, 3.63) is 60.6 Å². The van der Waals surface area contributed by atoms with Gasteiger partial charge in [0.1, 0.15) is 5.82 Å². The van der Waals surface area contributed by atoms with E-state index in [9.17, 15) is 5.11 Å². The number of benzene rings is 1.